The van der Waals surface area contributed by atoms with Gasteiger partial charge in [-0.15, -0.1) is 0 Å². The van der Waals surface area contributed by atoms with Gasteiger partial charge in [-0.25, -0.2) is 0 Å². The van der Waals surface area contributed by atoms with Gasteiger partial charge in [-0.2, -0.15) is 8.42 Å². The van der Waals surface area contributed by atoms with Crippen molar-refractivity contribution in [3.63, 3.8) is 0 Å². The van der Waals surface area contributed by atoms with Gasteiger partial charge < -0.3 is 9.22 Å². The number of aryl methyl sites for hydroxylation is 1. The van der Waals surface area contributed by atoms with Crippen LogP contribution in [-0.4, -0.2) is 42.6 Å². The van der Waals surface area contributed by atoms with Crippen molar-refractivity contribution in [2.24, 2.45) is 29.1 Å². The molecule has 0 radical (unpaired) electrons. The lowest BCUT2D eigenvalue weighted by atomic mass is 9.61. The van der Waals surface area contributed by atoms with Crippen LogP contribution >= 0.6 is 0 Å². The van der Waals surface area contributed by atoms with Crippen molar-refractivity contribution in [2.45, 2.75) is 154 Å². The fourth-order valence-electron chi connectivity index (χ4n) is 8.54. The standard InChI is InChI=1S/C41H68O5SSi2/c1-29-16-20-35(21-17-29)47(42,43)45-28-30(2)36-22-23-37-33(15-14-24-41(36,37)9)19-18-32-25-34(27-40(7,8)48(10,11)44)31(3)38(26-32)46-49(12,13)39(4,5)6/h16-21,30,34,36-38,44H,3,14-15,22-28H2,1-2,4-13H3/b32-18+,33-19+/t30-,34-,36+,37?,38+,41+/m0/s1. The number of hydrogen-bond donors (Lipinski definition) is 1. The highest BCUT2D eigenvalue weighted by Crippen LogP contribution is 2.59. The van der Waals surface area contributed by atoms with Crippen molar-refractivity contribution in [1.29, 1.82) is 0 Å². The number of hydrogen-bond acceptors (Lipinski definition) is 5. The van der Waals surface area contributed by atoms with Crippen LogP contribution < -0.4 is 0 Å². The first-order valence-corrected chi connectivity index (χ1v) is 26.1. The average Bonchev–Trinajstić information content (AvgIpc) is 3.33. The molecule has 0 bridgehead atoms. The minimum absolute atomic E-state index is 0.00749. The maximum atomic E-state index is 13.0. The zero-order valence-corrected chi connectivity index (χ0v) is 35.7. The number of rotatable bonds is 11. The summed E-state index contributed by atoms with van der Waals surface area (Å²) < 4.78 is 38.7. The van der Waals surface area contributed by atoms with E-state index in [0.29, 0.717) is 11.8 Å². The molecule has 4 rings (SSSR count). The third-order valence-corrected chi connectivity index (χ3v) is 22.9. The van der Waals surface area contributed by atoms with E-state index in [-0.39, 0.29) is 44.9 Å². The van der Waals surface area contributed by atoms with E-state index >= 15 is 0 Å². The largest absolute Gasteiger partial charge is 0.432 e. The fraction of sp³-hybridized carbons (Fsp3) is 0.707. The van der Waals surface area contributed by atoms with Crippen molar-refractivity contribution in [1.82, 2.24) is 0 Å². The third kappa shape index (κ3) is 9.02. The van der Waals surface area contributed by atoms with Crippen LogP contribution in [0, 0.1) is 36.0 Å². The highest BCUT2D eigenvalue weighted by molar-refractivity contribution is 7.86. The lowest BCUT2D eigenvalue weighted by Crippen LogP contribution is -2.46. The molecular formula is C41H68O5SSi2. The van der Waals surface area contributed by atoms with Crippen LogP contribution in [0.4, 0.5) is 0 Å². The van der Waals surface area contributed by atoms with E-state index in [1.807, 2.05) is 19.1 Å². The molecule has 0 amide bonds. The van der Waals surface area contributed by atoms with Gasteiger partial charge in [0.05, 0.1) is 17.6 Å². The van der Waals surface area contributed by atoms with Gasteiger partial charge in [0.25, 0.3) is 10.1 Å². The highest BCUT2D eigenvalue weighted by atomic mass is 32.2. The van der Waals surface area contributed by atoms with E-state index in [1.54, 1.807) is 17.7 Å². The van der Waals surface area contributed by atoms with Crippen LogP contribution in [0.25, 0.3) is 0 Å². The molecule has 0 spiro atoms. The molecule has 3 fully saturated rings. The van der Waals surface area contributed by atoms with Crippen LogP contribution in [0.5, 0.6) is 0 Å². The molecule has 1 aromatic rings. The molecule has 8 heteroatoms. The average molecular weight is 729 g/mol. The molecule has 3 aliphatic rings. The Morgan fingerprint density at radius 3 is 2.27 bits per heavy atom. The number of allylic oxidation sites excluding steroid dienone is 3. The smallest absolute Gasteiger partial charge is 0.296 e. The van der Waals surface area contributed by atoms with Gasteiger partial charge in [0.2, 0.25) is 0 Å². The van der Waals surface area contributed by atoms with Crippen LogP contribution in [0.2, 0.25) is 36.3 Å². The molecule has 6 atom stereocenters. The zero-order chi connectivity index (χ0) is 36.8. The number of fused-ring (bicyclic) bond motifs is 1. The molecule has 0 aliphatic heterocycles. The Morgan fingerprint density at radius 2 is 1.67 bits per heavy atom. The van der Waals surface area contributed by atoms with Crippen LogP contribution in [0.3, 0.4) is 0 Å². The lowest BCUT2D eigenvalue weighted by molar-refractivity contribution is 0.0760. The van der Waals surface area contributed by atoms with E-state index in [2.05, 4.69) is 93.4 Å². The van der Waals surface area contributed by atoms with E-state index < -0.39 is 26.8 Å². The molecule has 3 saturated carbocycles. The molecule has 5 nitrogen and oxygen atoms in total. The van der Waals surface area contributed by atoms with Crippen molar-refractivity contribution < 1.29 is 21.8 Å². The number of benzene rings is 1. The zero-order valence-electron chi connectivity index (χ0n) is 32.9. The maximum absolute atomic E-state index is 13.0. The first kappa shape index (κ1) is 40.5. The Hall–Kier alpha value is -1.30. The molecule has 1 unspecified atom stereocenters. The fourth-order valence-corrected chi connectivity index (χ4v) is 11.6. The second kappa shape index (κ2) is 14.6. The van der Waals surface area contributed by atoms with Gasteiger partial charge in [0, 0.05) is 0 Å². The lowest BCUT2D eigenvalue weighted by Gasteiger charge is -2.45. The minimum Gasteiger partial charge on any atom is -0.432 e. The molecule has 3 aliphatic carbocycles. The molecule has 49 heavy (non-hydrogen) atoms. The van der Waals surface area contributed by atoms with Gasteiger partial charge in [0.1, 0.15) is 0 Å². The SMILES string of the molecule is C=C1[C@H](CC(C)(C)[Si](C)(C)O)C/C(=C\C=C2/CCC[C@@]3(C)C2CC[C@@H]3[C@@H](C)COS(=O)(=O)c2ccc(C)cc2)C[C@H]1O[Si](C)(C)C(C)(C)C. The molecule has 276 valence electrons. The topological polar surface area (TPSA) is 72.8 Å². The van der Waals surface area contributed by atoms with E-state index in [4.69, 9.17) is 8.61 Å². The summed E-state index contributed by atoms with van der Waals surface area (Å²) in [6.07, 6.45) is 13.4. The van der Waals surface area contributed by atoms with E-state index in [1.165, 1.54) is 17.6 Å². The van der Waals surface area contributed by atoms with Crippen LogP contribution in [0.15, 0.2) is 64.6 Å². The van der Waals surface area contributed by atoms with Crippen molar-refractivity contribution >= 4 is 26.8 Å². The Kier molecular flexibility index (Phi) is 12.1. The van der Waals surface area contributed by atoms with Crippen molar-refractivity contribution in [2.75, 3.05) is 6.61 Å². The van der Waals surface area contributed by atoms with Crippen molar-refractivity contribution in [3.8, 4) is 0 Å². The predicted octanol–water partition coefficient (Wildman–Crippen LogP) is 11.1. The molecular weight excluding hydrogens is 661 g/mol. The molecule has 1 aromatic carbocycles. The van der Waals surface area contributed by atoms with Gasteiger partial charge in [0.15, 0.2) is 16.6 Å². The van der Waals surface area contributed by atoms with E-state index in [9.17, 15) is 13.2 Å². The summed E-state index contributed by atoms with van der Waals surface area (Å²) in [5.74, 6) is 1.36. The van der Waals surface area contributed by atoms with Gasteiger partial charge >= 0.3 is 0 Å². The summed E-state index contributed by atoms with van der Waals surface area (Å²) in [5.41, 5.74) is 5.36. The van der Waals surface area contributed by atoms with E-state index in [0.717, 1.165) is 50.5 Å². The van der Waals surface area contributed by atoms with Gasteiger partial charge in [-0.1, -0.05) is 96.0 Å². The summed E-state index contributed by atoms with van der Waals surface area (Å²) in [7, 11) is -8.19. The molecule has 0 heterocycles. The summed E-state index contributed by atoms with van der Waals surface area (Å²) in [6, 6.07) is 6.90. The normalized spacial score (nSPS) is 29.8. The Morgan fingerprint density at radius 1 is 1.04 bits per heavy atom. The minimum atomic E-state index is -3.78. The third-order valence-electron chi connectivity index (χ3n) is 13.6. The molecule has 0 saturated heterocycles. The summed E-state index contributed by atoms with van der Waals surface area (Å²) >= 11 is 0. The first-order chi connectivity index (χ1) is 22.4. The van der Waals surface area contributed by atoms with Crippen molar-refractivity contribution in [3.05, 3.63) is 65.3 Å². The monoisotopic (exact) mass is 728 g/mol. The highest BCUT2D eigenvalue weighted by Gasteiger charge is 2.51. The maximum Gasteiger partial charge on any atom is 0.296 e. The Labute approximate surface area is 302 Å². The summed E-state index contributed by atoms with van der Waals surface area (Å²) in [6.45, 7) is 31.6. The Balaban J connectivity index is 1.54. The molecule has 0 aromatic heterocycles. The summed E-state index contributed by atoms with van der Waals surface area (Å²) in [5, 5.41) is -0.0169. The molecule has 1 N–H and O–H groups in total. The van der Waals surface area contributed by atoms with Crippen LogP contribution in [-0.2, 0) is 18.7 Å². The predicted molar refractivity (Wildman–Crippen MR) is 210 cm³/mol. The second-order valence-electron chi connectivity index (χ2n) is 18.9. The van der Waals surface area contributed by atoms with Gasteiger partial charge in [-0.3, -0.25) is 4.18 Å². The first-order valence-electron chi connectivity index (χ1n) is 18.8. The van der Waals surface area contributed by atoms with Crippen LogP contribution in [0.1, 0.15) is 105 Å². The second-order valence-corrected chi connectivity index (χ2v) is 29.7. The summed E-state index contributed by atoms with van der Waals surface area (Å²) in [4.78, 5) is 11.4. The quantitative estimate of drug-likeness (QED) is 0.139. The Bertz CT molecular complexity index is 1470. The van der Waals surface area contributed by atoms with Gasteiger partial charge in [-0.05, 0) is 141 Å².